The Morgan fingerprint density at radius 3 is 2.60 bits per heavy atom. The number of aromatic nitrogens is 4. The summed E-state index contributed by atoms with van der Waals surface area (Å²) in [6, 6.07) is 15.4. The summed E-state index contributed by atoms with van der Waals surface area (Å²) in [6.07, 6.45) is 5.88. The van der Waals surface area contributed by atoms with E-state index in [0.29, 0.717) is 5.39 Å². The maximum atomic E-state index is 12.9. The first kappa shape index (κ1) is 18.5. The molecule has 0 atom stereocenters. The van der Waals surface area contributed by atoms with E-state index in [4.69, 9.17) is 0 Å². The number of amides is 1. The third-order valence-corrected chi connectivity index (χ3v) is 5.87. The zero-order valence-corrected chi connectivity index (χ0v) is 16.6. The topological polar surface area (TPSA) is 81.8 Å². The number of carbonyl (C=O) groups excluding carboxylic acids is 1. The van der Waals surface area contributed by atoms with Crippen molar-refractivity contribution in [2.24, 2.45) is 0 Å². The van der Waals surface area contributed by atoms with Crippen molar-refractivity contribution in [3.8, 4) is 0 Å². The summed E-state index contributed by atoms with van der Waals surface area (Å²) in [4.78, 5) is 29.9. The van der Waals surface area contributed by atoms with Crippen LogP contribution in [-0.2, 0) is 17.9 Å². The Morgan fingerprint density at radius 2 is 1.77 bits per heavy atom. The van der Waals surface area contributed by atoms with Crippen LogP contribution in [0.2, 0.25) is 0 Å². The Labute approximate surface area is 173 Å². The number of benzene rings is 2. The van der Waals surface area contributed by atoms with Gasteiger partial charge in [-0.25, -0.2) is 9.67 Å². The fourth-order valence-electron chi connectivity index (χ4n) is 4.33. The summed E-state index contributed by atoms with van der Waals surface area (Å²) >= 11 is 0. The molecule has 1 N–H and O–H groups in total. The van der Waals surface area contributed by atoms with Crippen LogP contribution in [0.25, 0.3) is 21.8 Å². The van der Waals surface area contributed by atoms with Crippen molar-refractivity contribution in [2.45, 2.75) is 44.8 Å². The van der Waals surface area contributed by atoms with Crippen molar-refractivity contribution >= 4 is 27.7 Å². The fourth-order valence-corrected chi connectivity index (χ4v) is 4.33. The van der Waals surface area contributed by atoms with Gasteiger partial charge in [0.1, 0.15) is 6.54 Å². The summed E-state index contributed by atoms with van der Waals surface area (Å²) in [5.41, 5.74) is 2.46. The van der Waals surface area contributed by atoms with Crippen LogP contribution in [0.1, 0.15) is 37.4 Å². The van der Waals surface area contributed by atoms with Crippen molar-refractivity contribution in [3.63, 3.8) is 0 Å². The van der Waals surface area contributed by atoms with Gasteiger partial charge in [0, 0.05) is 5.39 Å². The number of hydrogen-bond acceptors (Lipinski definition) is 4. The van der Waals surface area contributed by atoms with Crippen LogP contribution in [0.4, 0.5) is 0 Å². The number of hydrogen-bond donors (Lipinski definition) is 1. The molecule has 5 rings (SSSR count). The van der Waals surface area contributed by atoms with Crippen molar-refractivity contribution in [1.29, 1.82) is 0 Å². The number of fused-ring (bicyclic) bond motifs is 2. The normalized spacial score (nSPS) is 14.5. The molecule has 1 amide bonds. The van der Waals surface area contributed by atoms with E-state index in [1.165, 1.54) is 0 Å². The highest BCUT2D eigenvalue weighted by Gasteiger charge is 2.21. The molecule has 30 heavy (non-hydrogen) atoms. The zero-order valence-electron chi connectivity index (χ0n) is 16.6. The molecule has 0 bridgehead atoms. The lowest BCUT2D eigenvalue weighted by atomic mass is 10.1. The maximum Gasteiger partial charge on any atom is 0.274 e. The quantitative estimate of drug-likeness (QED) is 0.557. The molecule has 0 unspecified atom stereocenters. The van der Waals surface area contributed by atoms with Crippen molar-refractivity contribution in [3.05, 3.63) is 70.9 Å². The van der Waals surface area contributed by atoms with Gasteiger partial charge >= 0.3 is 0 Å². The Morgan fingerprint density at radius 1 is 1.03 bits per heavy atom. The molecule has 1 saturated carbocycles. The lowest BCUT2D eigenvalue weighted by Crippen LogP contribution is -2.31. The summed E-state index contributed by atoms with van der Waals surface area (Å²) in [7, 11) is 0. The van der Waals surface area contributed by atoms with Gasteiger partial charge in [-0.2, -0.15) is 5.10 Å². The number of para-hydroxylation sites is 2. The third-order valence-electron chi connectivity index (χ3n) is 5.87. The minimum Gasteiger partial charge on any atom is -0.349 e. The number of nitrogens with one attached hydrogen (secondary N) is 1. The fraction of sp³-hybridized carbons (Fsp3) is 0.304. The molecule has 7 nitrogen and oxygen atoms in total. The summed E-state index contributed by atoms with van der Waals surface area (Å²) in [6.45, 7) is 0.458. The highest BCUT2D eigenvalue weighted by atomic mass is 16.2. The molecular weight excluding hydrogens is 378 g/mol. The minimum absolute atomic E-state index is 0.0440. The Kier molecular flexibility index (Phi) is 4.78. The first-order valence-electron chi connectivity index (χ1n) is 10.4. The largest absolute Gasteiger partial charge is 0.349 e. The smallest absolute Gasteiger partial charge is 0.274 e. The summed E-state index contributed by atoms with van der Waals surface area (Å²) < 4.78 is 3.47. The van der Waals surface area contributed by atoms with Crippen LogP contribution >= 0.6 is 0 Å². The van der Waals surface area contributed by atoms with E-state index < -0.39 is 0 Å². The number of carbonyl (C=O) groups is 1. The predicted octanol–water partition coefficient (Wildman–Crippen LogP) is 3.18. The van der Waals surface area contributed by atoms with Gasteiger partial charge in [0.2, 0.25) is 5.91 Å². The van der Waals surface area contributed by atoms with E-state index in [0.717, 1.165) is 47.8 Å². The third kappa shape index (κ3) is 3.36. The van der Waals surface area contributed by atoms with Gasteiger partial charge in [0.25, 0.3) is 5.56 Å². The van der Waals surface area contributed by atoms with Crippen LogP contribution < -0.4 is 10.9 Å². The molecule has 0 aliphatic heterocycles. The van der Waals surface area contributed by atoms with Gasteiger partial charge < -0.3 is 9.88 Å². The lowest BCUT2D eigenvalue weighted by molar-refractivity contribution is -0.121. The van der Waals surface area contributed by atoms with E-state index in [1.807, 2.05) is 53.1 Å². The lowest BCUT2D eigenvalue weighted by Gasteiger charge is -2.16. The molecule has 0 radical (unpaired) electrons. The van der Waals surface area contributed by atoms with Gasteiger partial charge in [-0.1, -0.05) is 43.2 Å². The molecule has 1 aliphatic rings. The summed E-state index contributed by atoms with van der Waals surface area (Å²) in [5, 5.41) is 9.09. The molecule has 152 valence electrons. The SMILES string of the molecule is O=C(Cn1cnc2ccccc21)NCc1nn(C2CCCC2)c(=O)c2ccccc12. The average molecular weight is 401 g/mol. The Bertz CT molecular complexity index is 1280. The maximum absolute atomic E-state index is 12.9. The van der Waals surface area contributed by atoms with Gasteiger partial charge in [-0.05, 0) is 31.0 Å². The van der Waals surface area contributed by atoms with Gasteiger partial charge in [0.15, 0.2) is 0 Å². The van der Waals surface area contributed by atoms with Crippen LogP contribution in [0.5, 0.6) is 0 Å². The predicted molar refractivity (Wildman–Crippen MR) is 115 cm³/mol. The second kappa shape index (κ2) is 7.74. The molecule has 2 heterocycles. The summed E-state index contributed by atoms with van der Waals surface area (Å²) in [5.74, 6) is -0.123. The molecule has 2 aromatic carbocycles. The first-order valence-corrected chi connectivity index (χ1v) is 10.4. The number of rotatable bonds is 5. The molecule has 0 spiro atoms. The van der Waals surface area contributed by atoms with Crippen LogP contribution in [0, 0.1) is 0 Å². The van der Waals surface area contributed by atoms with E-state index in [1.54, 1.807) is 11.0 Å². The van der Waals surface area contributed by atoms with Gasteiger partial charge in [0.05, 0.1) is 41.0 Å². The van der Waals surface area contributed by atoms with E-state index in [9.17, 15) is 9.59 Å². The molecule has 0 saturated heterocycles. The zero-order chi connectivity index (χ0) is 20.5. The second-order valence-corrected chi connectivity index (χ2v) is 7.82. The second-order valence-electron chi connectivity index (χ2n) is 7.82. The molecule has 7 heteroatoms. The highest BCUT2D eigenvalue weighted by molar-refractivity contribution is 5.84. The Hall–Kier alpha value is -3.48. The number of nitrogens with zero attached hydrogens (tertiary/aromatic N) is 4. The molecule has 4 aromatic rings. The first-order chi connectivity index (χ1) is 14.7. The van der Waals surface area contributed by atoms with Gasteiger partial charge in [-0.3, -0.25) is 9.59 Å². The standard InChI is InChI=1S/C23H23N5O2/c29-22(14-27-15-25-19-11-5-6-12-21(19)27)24-13-20-17-9-3-4-10-18(17)23(30)28(26-20)16-7-1-2-8-16/h3-6,9-12,15-16H,1-2,7-8,13-14H2,(H,24,29). The monoisotopic (exact) mass is 401 g/mol. The average Bonchev–Trinajstić information content (AvgIpc) is 3.44. The van der Waals surface area contributed by atoms with E-state index in [-0.39, 0.29) is 30.6 Å². The van der Waals surface area contributed by atoms with Gasteiger partial charge in [-0.15, -0.1) is 0 Å². The molecular formula is C23H23N5O2. The highest BCUT2D eigenvalue weighted by Crippen LogP contribution is 2.28. The van der Waals surface area contributed by atoms with E-state index in [2.05, 4.69) is 15.4 Å². The number of imidazole rings is 1. The van der Waals surface area contributed by atoms with Crippen molar-refractivity contribution in [2.75, 3.05) is 0 Å². The van der Waals surface area contributed by atoms with Crippen LogP contribution in [0.3, 0.4) is 0 Å². The Balaban J connectivity index is 1.40. The van der Waals surface area contributed by atoms with E-state index >= 15 is 0 Å². The van der Waals surface area contributed by atoms with Crippen LogP contribution in [-0.4, -0.2) is 25.2 Å². The molecule has 1 fully saturated rings. The molecule has 2 aromatic heterocycles. The van der Waals surface area contributed by atoms with Crippen molar-refractivity contribution in [1.82, 2.24) is 24.6 Å². The van der Waals surface area contributed by atoms with Crippen LogP contribution in [0.15, 0.2) is 59.7 Å². The minimum atomic E-state index is -0.123. The molecule has 1 aliphatic carbocycles. The van der Waals surface area contributed by atoms with Crippen molar-refractivity contribution < 1.29 is 4.79 Å².